The van der Waals surface area contributed by atoms with Gasteiger partial charge >= 0.3 is 17.6 Å². The van der Waals surface area contributed by atoms with Crippen LogP contribution in [0.15, 0.2) is 0 Å². The molecule has 0 aliphatic heterocycles. The Labute approximate surface area is 250 Å². The van der Waals surface area contributed by atoms with Gasteiger partial charge in [0.25, 0.3) is 0 Å². The minimum absolute atomic E-state index is 0.930. The summed E-state index contributed by atoms with van der Waals surface area (Å²) in [4.78, 5) is 0. The highest BCUT2D eigenvalue weighted by Crippen LogP contribution is 2.20. The molecule has 0 aliphatic carbocycles. The van der Waals surface area contributed by atoms with Crippen LogP contribution >= 0.6 is 11.8 Å². The first-order valence-electron chi connectivity index (χ1n) is 16.0. The van der Waals surface area contributed by atoms with E-state index in [2.05, 4.69) is 11.8 Å². The number of thioether (sulfide) groups is 1. The zero-order chi connectivity index (χ0) is 28.9. The third kappa shape index (κ3) is 21.8. The van der Waals surface area contributed by atoms with Crippen LogP contribution in [0.2, 0.25) is 12.1 Å². The summed E-state index contributed by atoms with van der Waals surface area (Å²) in [5.74, 6) is 2.72. The molecule has 39 heavy (non-hydrogen) atoms. The first-order valence-corrected chi connectivity index (χ1v) is 21.0. The SMILES string of the molecule is CO[Si](CCCCCCCCCCCCSCCCCCCCCCCCC[Si](OC)(OC)OC)(OC)OC. The maximum Gasteiger partial charge on any atom is 0.500 e. The van der Waals surface area contributed by atoms with Gasteiger partial charge < -0.3 is 26.6 Å². The molecule has 0 rings (SSSR count). The quantitative estimate of drug-likeness (QED) is 0.0556. The van der Waals surface area contributed by atoms with Crippen LogP contribution in [0.5, 0.6) is 0 Å². The molecule has 0 saturated heterocycles. The molecule has 6 nitrogen and oxygen atoms in total. The second-order valence-electron chi connectivity index (χ2n) is 10.8. The Morgan fingerprint density at radius 2 is 0.513 bits per heavy atom. The van der Waals surface area contributed by atoms with Gasteiger partial charge in [0, 0.05) is 54.7 Å². The number of unbranched alkanes of at least 4 members (excludes halogenated alkanes) is 18. The van der Waals surface area contributed by atoms with Gasteiger partial charge in [-0.1, -0.05) is 103 Å². The van der Waals surface area contributed by atoms with Crippen molar-refractivity contribution in [2.75, 3.05) is 54.2 Å². The molecule has 236 valence electrons. The molecule has 0 spiro atoms. The van der Waals surface area contributed by atoms with Crippen molar-refractivity contribution in [1.29, 1.82) is 0 Å². The fourth-order valence-corrected chi connectivity index (χ4v) is 9.75. The van der Waals surface area contributed by atoms with Crippen LogP contribution in [0.3, 0.4) is 0 Å². The largest absolute Gasteiger partial charge is 0.500 e. The van der Waals surface area contributed by atoms with Crippen molar-refractivity contribution in [3.05, 3.63) is 0 Å². The van der Waals surface area contributed by atoms with E-state index in [4.69, 9.17) is 26.6 Å². The van der Waals surface area contributed by atoms with Crippen LogP contribution in [-0.4, -0.2) is 71.8 Å². The molecule has 0 atom stereocenters. The van der Waals surface area contributed by atoms with E-state index in [1.54, 1.807) is 42.7 Å². The monoisotopic (exact) mass is 610 g/mol. The van der Waals surface area contributed by atoms with Crippen LogP contribution in [0, 0.1) is 0 Å². The topological polar surface area (TPSA) is 55.4 Å². The molecule has 0 unspecified atom stereocenters. The first kappa shape index (κ1) is 39.5. The van der Waals surface area contributed by atoms with E-state index in [1.165, 1.54) is 127 Å². The van der Waals surface area contributed by atoms with E-state index in [1.807, 2.05) is 0 Å². The van der Waals surface area contributed by atoms with Gasteiger partial charge in [-0.15, -0.1) is 0 Å². The Bertz CT molecular complexity index is 438. The average molecular weight is 611 g/mol. The first-order chi connectivity index (χ1) is 19.1. The molecule has 0 radical (unpaired) electrons. The van der Waals surface area contributed by atoms with E-state index in [0.717, 1.165) is 24.9 Å². The van der Waals surface area contributed by atoms with E-state index < -0.39 is 17.6 Å². The summed E-state index contributed by atoms with van der Waals surface area (Å²) < 4.78 is 32.9. The van der Waals surface area contributed by atoms with Crippen molar-refractivity contribution < 1.29 is 26.6 Å². The molecule has 0 aromatic rings. The standard InChI is InChI=1S/C30H66O6SSi2/c1-31-38(32-2,33-3)29-25-21-17-13-9-7-11-15-19-23-27-37-28-24-20-16-12-8-10-14-18-22-26-30-39(34-4,35-5)36-6/h7-30H2,1-6H3. The van der Waals surface area contributed by atoms with Gasteiger partial charge in [-0.3, -0.25) is 0 Å². The molecule has 0 bridgehead atoms. The van der Waals surface area contributed by atoms with Crippen LogP contribution in [0.1, 0.15) is 128 Å². The summed E-state index contributed by atoms with van der Waals surface area (Å²) in [6.45, 7) is 0. The van der Waals surface area contributed by atoms with Gasteiger partial charge in [-0.05, 0) is 37.2 Å². The fourth-order valence-electron chi connectivity index (χ4n) is 5.13. The third-order valence-electron chi connectivity index (χ3n) is 7.91. The Balaban J connectivity index is 3.24. The maximum atomic E-state index is 5.49. The van der Waals surface area contributed by atoms with Crippen LogP contribution < -0.4 is 0 Å². The van der Waals surface area contributed by atoms with Crippen molar-refractivity contribution in [2.45, 2.75) is 141 Å². The van der Waals surface area contributed by atoms with Crippen LogP contribution in [0.4, 0.5) is 0 Å². The summed E-state index contributed by atoms with van der Waals surface area (Å²) in [6, 6.07) is 1.86. The molecule has 0 aromatic heterocycles. The minimum atomic E-state index is -2.35. The van der Waals surface area contributed by atoms with E-state index in [9.17, 15) is 0 Å². The van der Waals surface area contributed by atoms with Crippen molar-refractivity contribution >= 4 is 29.4 Å². The summed E-state index contributed by atoms with van der Waals surface area (Å²) in [5.41, 5.74) is 0. The molecule has 0 aromatic carbocycles. The second-order valence-corrected chi connectivity index (χ2v) is 18.2. The number of rotatable bonds is 32. The maximum absolute atomic E-state index is 5.49. The lowest BCUT2D eigenvalue weighted by Gasteiger charge is -2.24. The summed E-state index contributed by atoms with van der Waals surface area (Å²) in [5, 5.41) is 0. The molecule has 0 heterocycles. The molecule has 0 aliphatic rings. The number of hydrogen-bond donors (Lipinski definition) is 0. The zero-order valence-corrected chi connectivity index (χ0v) is 29.6. The van der Waals surface area contributed by atoms with E-state index >= 15 is 0 Å². The van der Waals surface area contributed by atoms with Crippen molar-refractivity contribution in [3.63, 3.8) is 0 Å². The smallest absolute Gasteiger partial charge is 0.377 e. The van der Waals surface area contributed by atoms with Gasteiger partial charge in [0.15, 0.2) is 0 Å². The van der Waals surface area contributed by atoms with Crippen LogP contribution in [-0.2, 0) is 26.6 Å². The minimum Gasteiger partial charge on any atom is -0.377 e. The Hall–Kier alpha value is 0.544. The highest BCUT2D eigenvalue weighted by molar-refractivity contribution is 7.99. The van der Waals surface area contributed by atoms with Crippen LogP contribution in [0.25, 0.3) is 0 Å². The number of hydrogen-bond acceptors (Lipinski definition) is 7. The lowest BCUT2D eigenvalue weighted by molar-refractivity contribution is 0.122. The van der Waals surface area contributed by atoms with Gasteiger partial charge in [0.05, 0.1) is 0 Å². The molecule has 0 fully saturated rings. The van der Waals surface area contributed by atoms with Crippen molar-refractivity contribution in [2.24, 2.45) is 0 Å². The highest BCUT2D eigenvalue weighted by Gasteiger charge is 2.37. The average Bonchev–Trinajstić information content (AvgIpc) is 2.97. The molecule has 0 amide bonds. The highest BCUT2D eigenvalue weighted by atomic mass is 32.2. The predicted molar refractivity (Wildman–Crippen MR) is 173 cm³/mol. The summed E-state index contributed by atoms with van der Waals surface area (Å²) >= 11 is 2.18. The Kier molecular flexibility index (Phi) is 29.1. The Morgan fingerprint density at radius 3 is 0.744 bits per heavy atom. The molecule has 9 heteroatoms. The lowest BCUT2D eigenvalue weighted by atomic mass is 10.1. The lowest BCUT2D eigenvalue weighted by Crippen LogP contribution is -2.42. The van der Waals surface area contributed by atoms with Gasteiger partial charge in [-0.25, -0.2) is 0 Å². The normalized spacial score (nSPS) is 12.5. The van der Waals surface area contributed by atoms with Gasteiger partial charge in [-0.2, -0.15) is 11.8 Å². The van der Waals surface area contributed by atoms with Gasteiger partial charge in [0.1, 0.15) is 0 Å². The van der Waals surface area contributed by atoms with Crippen molar-refractivity contribution in [3.8, 4) is 0 Å². The Morgan fingerprint density at radius 1 is 0.308 bits per heavy atom. The predicted octanol–water partition coefficient (Wildman–Crippen LogP) is 9.28. The zero-order valence-electron chi connectivity index (χ0n) is 26.8. The fraction of sp³-hybridized carbons (Fsp3) is 1.00. The third-order valence-corrected chi connectivity index (χ3v) is 14.7. The molecular weight excluding hydrogens is 545 g/mol. The second kappa shape index (κ2) is 28.7. The summed E-state index contributed by atoms with van der Waals surface area (Å²) in [7, 11) is 5.51. The van der Waals surface area contributed by atoms with Crippen molar-refractivity contribution in [1.82, 2.24) is 0 Å². The molecular formula is C30H66O6SSi2. The van der Waals surface area contributed by atoms with E-state index in [-0.39, 0.29) is 0 Å². The van der Waals surface area contributed by atoms with Gasteiger partial charge in [0.2, 0.25) is 0 Å². The molecule has 0 saturated carbocycles. The summed E-state index contributed by atoms with van der Waals surface area (Å²) in [6.07, 6.45) is 27.0. The van der Waals surface area contributed by atoms with E-state index in [0.29, 0.717) is 0 Å². The molecule has 0 N–H and O–H groups in total.